The fourth-order valence-electron chi connectivity index (χ4n) is 3.68. The fraction of sp³-hybridized carbons (Fsp3) is 0.579. The number of carbonyl (C=O) groups is 1. The van der Waals surface area contributed by atoms with Gasteiger partial charge in [-0.15, -0.1) is 0 Å². The van der Waals surface area contributed by atoms with Crippen LogP contribution in [0, 0.1) is 5.92 Å². The summed E-state index contributed by atoms with van der Waals surface area (Å²) in [7, 11) is 0. The molecule has 1 aromatic carbocycles. The molecule has 0 N–H and O–H groups in total. The van der Waals surface area contributed by atoms with E-state index in [4.69, 9.17) is 4.98 Å². The Hall–Kier alpha value is -1.84. The van der Waals surface area contributed by atoms with Crippen LogP contribution in [-0.2, 0) is 11.3 Å². The summed E-state index contributed by atoms with van der Waals surface area (Å²) in [5.74, 6) is 2.30. The van der Waals surface area contributed by atoms with Crippen LogP contribution in [0.15, 0.2) is 24.3 Å². The first-order valence-corrected chi connectivity index (χ1v) is 8.92. The molecule has 1 aromatic heterocycles. The van der Waals surface area contributed by atoms with E-state index in [9.17, 15) is 4.79 Å². The Morgan fingerprint density at radius 2 is 2.09 bits per heavy atom. The lowest BCUT2D eigenvalue weighted by Crippen LogP contribution is -2.27. The topological polar surface area (TPSA) is 38.1 Å². The first-order valence-electron chi connectivity index (χ1n) is 8.92. The van der Waals surface area contributed by atoms with Crippen molar-refractivity contribution in [3.05, 3.63) is 30.1 Å². The molecular formula is C19H25N3O. The zero-order valence-electron chi connectivity index (χ0n) is 14.0. The monoisotopic (exact) mass is 311 g/mol. The van der Waals surface area contributed by atoms with Gasteiger partial charge in [0.2, 0.25) is 5.91 Å². The molecule has 1 saturated heterocycles. The lowest BCUT2D eigenvalue weighted by molar-refractivity contribution is -0.128. The summed E-state index contributed by atoms with van der Waals surface area (Å²) in [6.45, 7) is 6.36. The maximum absolute atomic E-state index is 12.3. The number of para-hydroxylation sites is 2. The van der Waals surface area contributed by atoms with Gasteiger partial charge in [-0.1, -0.05) is 32.4 Å². The Kier molecular flexibility index (Phi) is 3.63. The van der Waals surface area contributed by atoms with E-state index in [1.807, 2.05) is 6.07 Å². The predicted molar refractivity (Wildman–Crippen MR) is 91.3 cm³/mol. The predicted octanol–water partition coefficient (Wildman–Crippen LogP) is 3.56. The quantitative estimate of drug-likeness (QED) is 0.847. The summed E-state index contributed by atoms with van der Waals surface area (Å²) >= 11 is 0. The summed E-state index contributed by atoms with van der Waals surface area (Å²) in [6, 6.07) is 8.88. The molecule has 2 aliphatic rings. The Labute approximate surface area is 137 Å². The van der Waals surface area contributed by atoms with Gasteiger partial charge < -0.3 is 9.47 Å². The van der Waals surface area contributed by atoms with Crippen LogP contribution in [0.2, 0.25) is 0 Å². The molecule has 122 valence electrons. The summed E-state index contributed by atoms with van der Waals surface area (Å²) in [5, 5.41) is 0. The first-order chi connectivity index (χ1) is 11.2. The third-order valence-electron chi connectivity index (χ3n) is 5.39. The van der Waals surface area contributed by atoms with Crippen molar-refractivity contribution in [2.45, 2.75) is 58.0 Å². The summed E-state index contributed by atoms with van der Waals surface area (Å²) < 4.78 is 2.37. The molecule has 2 unspecified atom stereocenters. The maximum atomic E-state index is 12.3. The molecule has 0 bridgehead atoms. The Bertz CT molecular complexity index is 731. The molecule has 2 atom stereocenters. The highest BCUT2D eigenvalue weighted by atomic mass is 16.2. The van der Waals surface area contributed by atoms with Gasteiger partial charge in [-0.3, -0.25) is 4.79 Å². The van der Waals surface area contributed by atoms with E-state index in [2.05, 4.69) is 41.5 Å². The van der Waals surface area contributed by atoms with Crippen LogP contribution < -0.4 is 0 Å². The molecule has 1 amide bonds. The van der Waals surface area contributed by atoms with Crippen LogP contribution in [0.25, 0.3) is 11.0 Å². The van der Waals surface area contributed by atoms with Gasteiger partial charge in [-0.05, 0) is 30.9 Å². The highest BCUT2D eigenvalue weighted by Crippen LogP contribution is 2.37. The fourth-order valence-corrected chi connectivity index (χ4v) is 3.68. The molecule has 0 radical (unpaired) electrons. The van der Waals surface area contributed by atoms with Crippen molar-refractivity contribution in [1.29, 1.82) is 0 Å². The number of likely N-dealkylation sites (tertiary alicyclic amines) is 1. The molecule has 1 aliphatic heterocycles. The molecule has 1 saturated carbocycles. The third-order valence-corrected chi connectivity index (χ3v) is 5.39. The number of nitrogens with zero attached hydrogens (tertiary/aromatic N) is 3. The molecule has 4 rings (SSSR count). The number of rotatable bonds is 5. The Morgan fingerprint density at radius 1 is 1.30 bits per heavy atom. The van der Waals surface area contributed by atoms with E-state index >= 15 is 0 Å². The summed E-state index contributed by atoms with van der Waals surface area (Å²) in [5.41, 5.74) is 2.27. The lowest BCUT2D eigenvalue weighted by Gasteiger charge is -2.18. The molecular weight excluding hydrogens is 286 g/mol. The summed E-state index contributed by atoms with van der Waals surface area (Å²) in [4.78, 5) is 19.3. The van der Waals surface area contributed by atoms with Crippen LogP contribution in [0.3, 0.4) is 0 Å². The van der Waals surface area contributed by atoms with E-state index in [-0.39, 0.29) is 5.92 Å². The largest absolute Gasteiger partial charge is 0.339 e. The van der Waals surface area contributed by atoms with Crippen LogP contribution >= 0.6 is 0 Å². The summed E-state index contributed by atoms with van der Waals surface area (Å²) in [6.07, 6.45) is 4.15. The van der Waals surface area contributed by atoms with Crippen molar-refractivity contribution in [1.82, 2.24) is 14.5 Å². The molecule has 2 aromatic rings. The number of hydrogen-bond donors (Lipinski definition) is 0. The average Bonchev–Trinajstić information content (AvgIpc) is 3.24. The third kappa shape index (κ3) is 2.64. The van der Waals surface area contributed by atoms with Crippen LogP contribution in [0.4, 0.5) is 0 Å². The zero-order chi connectivity index (χ0) is 16.0. The van der Waals surface area contributed by atoms with Gasteiger partial charge in [0.1, 0.15) is 5.82 Å². The molecule has 23 heavy (non-hydrogen) atoms. The van der Waals surface area contributed by atoms with Gasteiger partial charge in [-0.25, -0.2) is 4.98 Å². The number of aromatic nitrogens is 2. The normalized spacial score (nSPS) is 23.0. The van der Waals surface area contributed by atoms with E-state index < -0.39 is 0 Å². The second-order valence-electron chi connectivity index (χ2n) is 7.26. The molecule has 1 aliphatic carbocycles. The number of benzene rings is 1. The molecule has 4 heteroatoms. The van der Waals surface area contributed by atoms with Crippen molar-refractivity contribution in [2.24, 2.45) is 5.92 Å². The van der Waals surface area contributed by atoms with Gasteiger partial charge in [0.15, 0.2) is 0 Å². The Balaban J connectivity index is 1.71. The highest BCUT2D eigenvalue weighted by molar-refractivity contribution is 5.81. The van der Waals surface area contributed by atoms with E-state index in [0.29, 0.717) is 24.3 Å². The van der Waals surface area contributed by atoms with Gasteiger partial charge in [0.25, 0.3) is 0 Å². The van der Waals surface area contributed by atoms with Gasteiger partial charge >= 0.3 is 0 Å². The van der Waals surface area contributed by atoms with Gasteiger partial charge in [0.05, 0.1) is 11.0 Å². The minimum absolute atomic E-state index is 0.250. The van der Waals surface area contributed by atoms with Gasteiger partial charge in [-0.2, -0.15) is 0 Å². The number of amides is 1. The van der Waals surface area contributed by atoms with E-state index in [1.165, 1.54) is 18.4 Å². The lowest BCUT2D eigenvalue weighted by atomic mass is 10.1. The maximum Gasteiger partial charge on any atom is 0.223 e. The molecule has 4 nitrogen and oxygen atoms in total. The minimum atomic E-state index is 0.250. The second kappa shape index (κ2) is 5.66. The zero-order valence-corrected chi connectivity index (χ0v) is 14.0. The highest BCUT2D eigenvalue weighted by Gasteiger charge is 2.41. The minimum Gasteiger partial charge on any atom is -0.339 e. The first kappa shape index (κ1) is 14.7. The SMILES string of the molecule is CCC(C)Cn1c(C2CC(=O)N(C3CC3)C2)nc2ccccc21. The van der Waals surface area contributed by atoms with E-state index in [1.54, 1.807) is 0 Å². The van der Waals surface area contributed by atoms with Crippen molar-refractivity contribution < 1.29 is 4.79 Å². The smallest absolute Gasteiger partial charge is 0.223 e. The average molecular weight is 311 g/mol. The molecule has 2 heterocycles. The van der Waals surface area contributed by atoms with Crippen LogP contribution in [-0.4, -0.2) is 32.9 Å². The molecule has 2 fully saturated rings. The Morgan fingerprint density at radius 3 is 2.83 bits per heavy atom. The van der Waals surface area contributed by atoms with Crippen LogP contribution in [0.5, 0.6) is 0 Å². The van der Waals surface area contributed by atoms with Crippen molar-refractivity contribution in [3.8, 4) is 0 Å². The van der Waals surface area contributed by atoms with Crippen molar-refractivity contribution in [2.75, 3.05) is 6.54 Å². The number of carbonyl (C=O) groups excluding carboxylic acids is 1. The number of fused-ring (bicyclic) bond motifs is 1. The standard InChI is InChI=1S/C19H25N3O/c1-3-13(2)11-22-17-7-5-4-6-16(17)20-19(22)14-10-18(23)21(12-14)15-8-9-15/h4-7,13-15H,3,8-12H2,1-2H3. The van der Waals surface area contributed by atoms with E-state index in [0.717, 1.165) is 30.9 Å². The second-order valence-corrected chi connectivity index (χ2v) is 7.26. The van der Waals surface area contributed by atoms with Crippen molar-refractivity contribution >= 4 is 16.9 Å². The number of imidazole rings is 1. The van der Waals surface area contributed by atoms with Crippen LogP contribution in [0.1, 0.15) is 51.3 Å². The number of hydrogen-bond acceptors (Lipinski definition) is 2. The van der Waals surface area contributed by atoms with Gasteiger partial charge in [0, 0.05) is 31.5 Å². The molecule has 0 spiro atoms. The van der Waals surface area contributed by atoms with Crippen molar-refractivity contribution in [3.63, 3.8) is 0 Å².